The first-order chi connectivity index (χ1) is 8.31. The Balaban J connectivity index is 3.01. The number of aromatic carboxylic acids is 1. The van der Waals surface area contributed by atoms with E-state index in [2.05, 4.69) is 5.32 Å². The average molecular weight is 290 g/mol. The number of carbonyl (C=O) groups is 2. The van der Waals surface area contributed by atoms with Crippen LogP contribution in [0.3, 0.4) is 0 Å². The van der Waals surface area contributed by atoms with Crippen LogP contribution in [-0.2, 0) is 4.79 Å². The Kier molecular flexibility index (Phi) is 4.99. The van der Waals surface area contributed by atoms with E-state index < -0.39 is 5.97 Å². The molecule has 18 heavy (non-hydrogen) atoms. The summed E-state index contributed by atoms with van der Waals surface area (Å²) in [7, 11) is 0. The van der Waals surface area contributed by atoms with Crippen LogP contribution in [0.25, 0.3) is 0 Å². The largest absolute Gasteiger partial charge is 0.478 e. The summed E-state index contributed by atoms with van der Waals surface area (Å²) in [4.78, 5) is 22.5. The number of rotatable bonds is 4. The van der Waals surface area contributed by atoms with Gasteiger partial charge in [0.15, 0.2) is 0 Å². The molecule has 1 aromatic rings. The van der Waals surface area contributed by atoms with Crippen molar-refractivity contribution in [3.8, 4) is 0 Å². The highest BCUT2D eigenvalue weighted by Crippen LogP contribution is 2.31. The maximum atomic E-state index is 11.6. The third-order valence-corrected chi connectivity index (χ3v) is 2.94. The Bertz CT molecular complexity index is 486. The van der Waals surface area contributed by atoms with E-state index in [1.165, 1.54) is 12.1 Å². The third kappa shape index (κ3) is 3.89. The molecule has 1 amide bonds. The van der Waals surface area contributed by atoms with Gasteiger partial charge in [0.05, 0.1) is 21.3 Å². The van der Waals surface area contributed by atoms with E-state index in [9.17, 15) is 9.59 Å². The molecule has 2 N–H and O–H groups in total. The average Bonchev–Trinajstić information content (AvgIpc) is 2.22. The fourth-order valence-corrected chi connectivity index (χ4v) is 1.75. The second-order valence-corrected chi connectivity index (χ2v) is 5.06. The monoisotopic (exact) mass is 289 g/mol. The quantitative estimate of drug-likeness (QED) is 0.889. The predicted molar refractivity (Wildman–Crippen MR) is 71.5 cm³/mol. The lowest BCUT2D eigenvalue weighted by molar-refractivity contribution is -0.116. The number of hydrogen-bond acceptors (Lipinski definition) is 2. The molecule has 0 aliphatic heterocycles. The van der Waals surface area contributed by atoms with Gasteiger partial charge in [-0.3, -0.25) is 4.79 Å². The number of hydrogen-bond donors (Lipinski definition) is 2. The van der Waals surface area contributed by atoms with E-state index in [1.807, 2.05) is 13.8 Å². The van der Waals surface area contributed by atoms with E-state index in [4.69, 9.17) is 28.3 Å². The zero-order chi connectivity index (χ0) is 13.9. The molecule has 0 radical (unpaired) electrons. The van der Waals surface area contributed by atoms with E-state index in [1.54, 1.807) is 0 Å². The maximum Gasteiger partial charge on any atom is 0.335 e. The molecule has 0 unspecified atom stereocenters. The van der Waals surface area contributed by atoms with Crippen molar-refractivity contribution in [3.63, 3.8) is 0 Å². The molecule has 0 aromatic heterocycles. The summed E-state index contributed by atoms with van der Waals surface area (Å²) >= 11 is 11.7. The predicted octanol–water partition coefficient (Wildman–Crippen LogP) is 3.68. The van der Waals surface area contributed by atoms with E-state index >= 15 is 0 Å². The minimum atomic E-state index is -1.13. The topological polar surface area (TPSA) is 66.4 Å². The van der Waals surface area contributed by atoms with Crippen molar-refractivity contribution in [1.82, 2.24) is 0 Å². The van der Waals surface area contributed by atoms with Crippen LogP contribution in [0.15, 0.2) is 12.1 Å². The number of carbonyl (C=O) groups excluding carboxylic acids is 1. The normalized spacial score (nSPS) is 10.5. The number of carboxylic acid groups (broad SMARTS) is 1. The highest BCUT2D eigenvalue weighted by atomic mass is 35.5. The molecule has 0 spiro atoms. The molecule has 0 fully saturated rings. The summed E-state index contributed by atoms with van der Waals surface area (Å²) in [5.74, 6) is -1.17. The van der Waals surface area contributed by atoms with Gasteiger partial charge < -0.3 is 10.4 Å². The number of carboxylic acids is 1. The summed E-state index contributed by atoms with van der Waals surface area (Å²) in [6.07, 6.45) is 0.325. The van der Waals surface area contributed by atoms with Crippen molar-refractivity contribution in [2.24, 2.45) is 5.92 Å². The molecule has 1 rings (SSSR count). The van der Waals surface area contributed by atoms with Gasteiger partial charge in [0.2, 0.25) is 5.91 Å². The molecule has 0 aliphatic carbocycles. The van der Waals surface area contributed by atoms with Gasteiger partial charge in [-0.2, -0.15) is 0 Å². The lowest BCUT2D eigenvalue weighted by Crippen LogP contribution is -2.14. The van der Waals surface area contributed by atoms with Crippen LogP contribution >= 0.6 is 23.2 Å². The summed E-state index contributed by atoms with van der Waals surface area (Å²) in [5, 5.41) is 11.7. The number of anilines is 1. The SMILES string of the molecule is CC(C)CC(=O)Nc1cc(C(=O)O)cc(Cl)c1Cl. The van der Waals surface area contributed by atoms with Crippen LogP contribution < -0.4 is 5.32 Å². The summed E-state index contributed by atoms with van der Waals surface area (Å²) < 4.78 is 0. The van der Waals surface area contributed by atoms with Crippen LogP contribution in [0.1, 0.15) is 30.6 Å². The van der Waals surface area contributed by atoms with Crippen LogP contribution in [0.5, 0.6) is 0 Å². The molecule has 0 bridgehead atoms. The van der Waals surface area contributed by atoms with E-state index in [0.29, 0.717) is 6.42 Å². The molecule has 98 valence electrons. The van der Waals surface area contributed by atoms with Crippen LogP contribution in [0, 0.1) is 5.92 Å². The van der Waals surface area contributed by atoms with Crippen molar-refractivity contribution in [2.75, 3.05) is 5.32 Å². The molecule has 6 heteroatoms. The molecular weight excluding hydrogens is 277 g/mol. The molecule has 0 saturated heterocycles. The van der Waals surface area contributed by atoms with Gasteiger partial charge in [-0.25, -0.2) is 4.79 Å². The van der Waals surface area contributed by atoms with Gasteiger partial charge in [-0.05, 0) is 18.1 Å². The zero-order valence-corrected chi connectivity index (χ0v) is 11.5. The number of amides is 1. The minimum Gasteiger partial charge on any atom is -0.478 e. The summed E-state index contributed by atoms with van der Waals surface area (Å²) in [6.45, 7) is 3.81. The van der Waals surface area contributed by atoms with Gasteiger partial charge in [-0.15, -0.1) is 0 Å². The van der Waals surface area contributed by atoms with Gasteiger partial charge in [0.25, 0.3) is 0 Å². The van der Waals surface area contributed by atoms with Crippen LogP contribution in [0.4, 0.5) is 5.69 Å². The smallest absolute Gasteiger partial charge is 0.335 e. The van der Waals surface area contributed by atoms with Gasteiger partial charge in [-0.1, -0.05) is 37.0 Å². The molecule has 0 atom stereocenters. The second-order valence-electron chi connectivity index (χ2n) is 4.27. The molecule has 0 saturated carbocycles. The summed E-state index contributed by atoms with van der Waals surface area (Å²) in [5.41, 5.74) is 0.191. The first kappa shape index (κ1) is 14.8. The first-order valence-electron chi connectivity index (χ1n) is 5.33. The van der Waals surface area contributed by atoms with Gasteiger partial charge in [0.1, 0.15) is 0 Å². The fourth-order valence-electron chi connectivity index (χ4n) is 1.38. The molecule has 0 heterocycles. The van der Waals surface area contributed by atoms with Crippen LogP contribution in [0.2, 0.25) is 10.0 Å². The Morgan fingerprint density at radius 3 is 2.44 bits per heavy atom. The molecule has 0 aliphatic rings. The Morgan fingerprint density at radius 2 is 1.94 bits per heavy atom. The lowest BCUT2D eigenvalue weighted by Gasteiger charge is -2.10. The van der Waals surface area contributed by atoms with Crippen molar-refractivity contribution in [3.05, 3.63) is 27.7 Å². The maximum absolute atomic E-state index is 11.6. The third-order valence-electron chi connectivity index (χ3n) is 2.14. The highest BCUT2D eigenvalue weighted by molar-refractivity contribution is 6.44. The van der Waals surface area contributed by atoms with Crippen LogP contribution in [-0.4, -0.2) is 17.0 Å². The lowest BCUT2D eigenvalue weighted by atomic mass is 10.1. The van der Waals surface area contributed by atoms with E-state index in [-0.39, 0.29) is 33.1 Å². The fraction of sp³-hybridized carbons (Fsp3) is 0.333. The van der Waals surface area contributed by atoms with Gasteiger partial charge in [0, 0.05) is 6.42 Å². The van der Waals surface area contributed by atoms with Crippen molar-refractivity contribution in [2.45, 2.75) is 20.3 Å². The Morgan fingerprint density at radius 1 is 1.33 bits per heavy atom. The van der Waals surface area contributed by atoms with Gasteiger partial charge >= 0.3 is 5.97 Å². The number of nitrogens with one attached hydrogen (secondary N) is 1. The summed E-state index contributed by atoms with van der Waals surface area (Å²) in [6, 6.07) is 2.53. The van der Waals surface area contributed by atoms with Crippen molar-refractivity contribution in [1.29, 1.82) is 0 Å². The number of benzene rings is 1. The standard InChI is InChI=1S/C12H13Cl2NO3/c1-6(2)3-10(16)15-9-5-7(12(17)18)4-8(13)11(9)14/h4-6H,3H2,1-2H3,(H,15,16)(H,17,18). The molecule has 4 nitrogen and oxygen atoms in total. The molecular formula is C12H13Cl2NO3. The second kappa shape index (κ2) is 6.07. The molecule has 1 aromatic carbocycles. The van der Waals surface area contributed by atoms with E-state index in [0.717, 1.165) is 0 Å². The Hall–Kier alpha value is -1.26. The highest BCUT2D eigenvalue weighted by Gasteiger charge is 2.14. The van der Waals surface area contributed by atoms with Crippen molar-refractivity contribution >= 4 is 40.8 Å². The zero-order valence-electron chi connectivity index (χ0n) is 9.96. The number of halogens is 2. The Labute approximate surface area is 115 Å². The minimum absolute atomic E-state index is 0.0238. The van der Waals surface area contributed by atoms with Crippen molar-refractivity contribution < 1.29 is 14.7 Å². The first-order valence-corrected chi connectivity index (χ1v) is 6.09.